The van der Waals surface area contributed by atoms with Gasteiger partial charge in [0.1, 0.15) is 6.10 Å². The number of imidazole rings is 1. The van der Waals surface area contributed by atoms with E-state index >= 15 is 0 Å². The van der Waals surface area contributed by atoms with Crippen molar-refractivity contribution in [1.82, 2.24) is 9.55 Å². The van der Waals surface area contributed by atoms with Crippen molar-refractivity contribution < 1.29 is 9.90 Å². The van der Waals surface area contributed by atoms with Crippen LogP contribution in [0.3, 0.4) is 0 Å². The van der Waals surface area contributed by atoms with E-state index in [1.807, 2.05) is 10.8 Å². The Morgan fingerprint density at radius 3 is 2.78 bits per heavy atom. The molecule has 3 saturated carbocycles. The molecule has 0 aromatic carbocycles. The summed E-state index contributed by atoms with van der Waals surface area (Å²) in [7, 11) is 0. The first-order valence-corrected chi connectivity index (χ1v) is 13.2. The van der Waals surface area contributed by atoms with E-state index in [0.29, 0.717) is 24.2 Å². The standard InChI is InChI=1S/C28H42N2O2/c1-3-4-8-24-22(6-5-7-23(31)12-11-21-9-10-21)15-16-28(2)25(24)13-14-26(28)27(32)19-30-18-17-29-20-30/h17-18,20-26,31H,3-10,13-16,19H2,1-2H3. The first-order valence-electron chi connectivity index (χ1n) is 13.2. The molecule has 6 atom stereocenters. The minimum atomic E-state index is -0.449. The maximum atomic E-state index is 13.2. The summed E-state index contributed by atoms with van der Waals surface area (Å²) in [6, 6.07) is 0. The first kappa shape index (κ1) is 23.6. The van der Waals surface area contributed by atoms with Crippen molar-refractivity contribution >= 4 is 5.78 Å². The van der Waals surface area contributed by atoms with Gasteiger partial charge in [0.15, 0.2) is 5.78 Å². The summed E-state index contributed by atoms with van der Waals surface area (Å²) >= 11 is 0. The van der Waals surface area contributed by atoms with E-state index in [-0.39, 0.29) is 11.3 Å². The Morgan fingerprint density at radius 1 is 1.22 bits per heavy atom. The molecule has 4 rings (SSSR count). The number of rotatable bonds is 10. The molecule has 0 amide bonds. The van der Waals surface area contributed by atoms with Gasteiger partial charge in [0.05, 0.1) is 12.9 Å². The number of carbonyl (C=O) groups is 1. The molecule has 3 aliphatic rings. The van der Waals surface area contributed by atoms with Crippen LogP contribution in [0.2, 0.25) is 0 Å². The van der Waals surface area contributed by atoms with E-state index in [4.69, 9.17) is 0 Å². The average Bonchev–Trinajstić information content (AvgIpc) is 3.34. The van der Waals surface area contributed by atoms with Gasteiger partial charge in [0, 0.05) is 24.2 Å². The van der Waals surface area contributed by atoms with E-state index < -0.39 is 6.10 Å². The summed E-state index contributed by atoms with van der Waals surface area (Å²) in [5.74, 6) is 9.58. The Hall–Kier alpha value is -1.60. The van der Waals surface area contributed by atoms with Gasteiger partial charge in [-0.1, -0.05) is 45.0 Å². The van der Waals surface area contributed by atoms with Gasteiger partial charge in [-0.2, -0.15) is 0 Å². The highest BCUT2D eigenvalue weighted by Crippen LogP contribution is 2.60. The SMILES string of the molecule is CCCCC1C(CCCC(O)C#CC2CC2)CCC2(C)C(C(=O)Cn3ccnc3)CCC12. The third-order valence-electron chi connectivity index (χ3n) is 8.85. The van der Waals surface area contributed by atoms with Gasteiger partial charge in [-0.25, -0.2) is 4.98 Å². The van der Waals surface area contributed by atoms with Crippen LogP contribution in [0.4, 0.5) is 0 Å². The van der Waals surface area contributed by atoms with Gasteiger partial charge in [-0.15, -0.1) is 0 Å². The number of nitrogens with zero attached hydrogens (tertiary/aromatic N) is 2. The number of aliphatic hydroxyl groups is 1. The van der Waals surface area contributed by atoms with Crippen LogP contribution in [0.25, 0.3) is 0 Å². The summed E-state index contributed by atoms with van der Waals surface area (Å²) < 4.78 is 1.93. The largest absolute Gasteiger partial charge is 0.380 e. The number of aromatic nitrogens is 2. The normalized spacial score (nSPS) is 32.7. The van der Waals surface area contributed by atoms with Crippen molar-refractivity contribution in [3.05, 3.63) is 18.7 Å². The van der Waals surface area contributed by atoms with E-state index in [1.54, 1.807) is 12.5 Å². The monoisotopic (exact) mass is 438 g/mol. The van der Waals surface area contributed by atoms with Crippen molar-refractivity contribution in [2.45, 2.75) is 104 Å². The topological polar surface area (TPSA) is 55.1 Å². The fraction of sp³-hybridized carbons (Fsp3) is 0.786. The lowest BCUT2D eigenvalue weighted by molar-refractivity contribution is -0.129. The average molecular weight is 439 g/mol. The van der Waals surface area contributed by atoms with Gasteiger partial charge in [-0.05, 0) is 81.0 Å². The molecule has 0 bridgehead atoms. The second kappa shape index (κ2) is 10.6. The summed E-state index contributed by atoms with van der Waals surface area (Å²) in [4.78, 5) is 17.4. The Labute approximate surface area is 194 Å². The molecule has 0 radical (unpaired) electrons. The highest BCUT2D eigenvalue weighted by Gasteiger charge is 2.55. The molecule has 176 valence electrons. The Bertz CT molecular complexity index is 803. The predicted octanol–water partition coefficient (Wildman–Crippen LogP) is 5.65. The van der Waals surface area contributed by atoms with Gasteiger partial charge < -0.3 is 9.67 Å². The Balaban J connectivity index is 1.37. The minimum Gasteiger partial charge on any atom is -0.380 e. The number of Topliss-reactive ketones (excluding diaryl/α,β-unsaturated/α-hetero) is 1. The Kier molecular flexibility index (Phi) is 7.77. The molecule has 1 heterocycles. The van der Waals surface area contributed by atoms with Gasteiger partial charge in [0.2, 0.25) is 0 Å². The van der Waals surface area contributed by atoms with Crippen molar-refractivity contribution in [2.75, 3.05) is 0 Å². The zero-order valence-corrected chi connectivity index (χ0v) is 20.1. The minimum absolute atomic E-state index is 0.155. The lowest BCUT2D eigenvalue weighted by Gasteiger charge is -2.49. The van der Waals surface area contributed by atoms with Crippen LogP contribution in [0.1, 0.15) is 90.9 Å². The molecular weight excluding hydrogens is 396 g/mol. The molecule has 3 fully saturated rings. The van der Waals surface area contributed by atoms with Crippen LogP contribution in [0.5, 0.6) is 0 Å². The molecule has 32 heavy (non-hydrogen) atoms. The van der Waals surface area contributed by atoms with E-state index in [0.717, 1.165) is 31.1 Å². The number of unbranched alkanes of at least 4 members (excludes halogenated alkanes) is 1. The van der Waals surface area contributed by atoms with E-state index in [2.05, 4.69) is 30.7 Å². The summed E-state index contributed by atoms with van der Waals surface area (Å²) in [5, 5.41) is 10.2. The van der Waals surface area contributed by atoms with Crippen molar-refractivity contribution in [3.63, 3.8) is 0 Å². The highest BCUT2D eigenvalue weighted by atomic mass is 16.3. The molecule has 1 N–H and O–H groups in total. The van der Waals surface area contributed by atoms with E-state index in [1.165, 1.54) is 57.8 Å². The predicted molar refractivity (Wildman–Crippen MR) is 128 cm³/mol. The number of fused-ring (bicyclic) bond motifs is 1. The summed E-state index contributed by atoms with van der Waals surface area (Å²) in [6.45, 7) is 5.18. The third kappa shape index (κ3) is 5.48. The highest BCUT2D eigenvalue weighted by molar-refractivity contribution is 5.82. The lowest BCUT2D eigenvalue weighted by atomic mass is 9.56. The zero-order chi connectivity index (χ0) is 22.6. The summed E-state index contributed by atoms with van der Waals surface area (Å²) in [5.41, 5.74) is 0.155. The first-order chi connectivity index (χ1) is 15.5. The molecule has 6 unspecified atom stereocenters. The molecule has 0 saturated heterocycles. The van der Waals surface area contributed by atoms with Crippen LogP contribution < -0.4 is 0 Å². The fourth-order valence-corrected chi connectivity index (χ4v) is 6.89. The second-order valence-electron chi connectivity index (χ2n) is 11.1. The van der Waals surface area contributed by atoms with Gasteiger partial charge >= 0.3 is 0 Å². The van der Waals surface area contributed by atoms with Gasteiger partial charge in [-0.3, -0.25) is 4.79 Å². The van der Waals surface area contributed by atoms with Crippen LogP contribution >= 0.6 is 0 Å². The molecule has 4 nitrogen and oxygen atoms in total. The number of hydrogen-bond donors (Lipinski definition) is 1. The van der Waals surface area contributed by atoms with Crippen molar-refractivity contribution in [2.24, 2.45) is 35.0 Å². The third-order valence-corrected chi connectivity index (χ3v) is 8.85. The number of hydrogen-bond acceptors (Lipinski definition) is 3. The van der Waals surface area contributed by atoms with Gasteiger partial charge in [0.25, 0.3) is 0 Å². The summed E-state index contributed by atoms with van der Waals surface area (Å²) in [6.07, 6.45) is 19.0. The van der Waals surface area contributed by atoms with Crippen LogP contribution in [-0.2, 0) is 11.3 Å². The van der Waals surface area contributed by atoms with E-state index in [9.17, 15) is 9.90 Å². The quantitative estimate of drug-likeness (QED) is 0.481. The molecule has 1 aromatic rings. The van der Waals surface area contributed by atoms with Crippen molar-refractivity contribution in [1.29, 1.82) is 0 Å². The van der Waals surface area contributed by atoms with Crippen LogP contribution in [0.15, 0.2) is 18.7 Å². The molecule has 3 aliphatic carbocycles. The zero-order valence-electron chi connectivity index (χ0n) is 20.1. The fourth-order valence-electron chi connectivity index (χ4n) is 6.89. The smallest absolute Gasteiger partial charge is 0.156 e. The molecule has 0 aliphatic heterocycles. The molecular formula is C28H42N2O2. The number of aliphatic hydroxyl groups excluding tert-OH is 1. The molecule has 4 heteroatoms. The Morgan fingerprint density at radius 2 is 2.06 bits per heavy atom. The second-order valence-corrected chi connectivity index (χ2v) is 11.1. The number of carbonyl (C=O) groups excluding carboxylic acids is 1. The maximum absolute atomic E-state index is 13.2. The van der Waals surface area contributed by atoms with Crippen molar-refractivity contribution in [3.8, 4) is 11.8 Å². The maximum Gasteiger partial charge on any atom is 0.156 e. The molecule has 0 spiro atoms. The van der Waals surface area contributed by atoms with Crippen LogP contribution in [-0.4, -0.2) is 26.5 Å². The lowest BCUT2D eigenvalue weighted by Crippen LogP contribution is -2.44. The van der Waals surface area contributed by atoms with Crippen LogP contribution in [0, 0.1) is 46.8 Å². The molecule has 1 aromatic heterocycles. The number of ketones is 1.